The van der Waals surface area contributed by atoms with Crippen molar-refractivity contribution >= 4 is 32.2 Å². The third kappa shape index (κ3) is 4.00. The van der Waals surface area contributed by atoms with Gasteiger partial charge in [0.2, 0.25) is 10.0 Å². The minimum atomic E-state index is -3.78. The molecule has 0 N–H and O–H groups in total. The molecule has 0 bridgehead atoms. The molecule has 1 aromatic heterocycles. The number of hydrogen-bond donors (Lipinski definition) is 0. The zero-order chi connectivity index (χ0) is 20.4. The number of sulfonamides is 1. The third-order valence-electron chi connectivity index (χ3n) is 4.73. The summed E-state index contributed by atoms with van der Waals surface area (Å²) in [6.07, 6.45) is 1.83. The highest BCUT2D eigenvalue weighted by atomic mass is 32.2. The Morgan fingerprint density at radius 1 is 1.00 bits per heavy atom. The van der Waals surface area contributed by atoms with Crippen LogP contribution >= 0.6 is 11.3 Å². The van der Waals surface area contributed by atoms with Crippen molar-refractivity contribution in [3.8, 4) is 10.4 Å². The Morgan fingerprint density at radius 2 is 1.72 bits per heavy atom. The molecule has 1 aliphatic heterocycles. The number of rotatable bonds is 5. The van der Waals surface area contributed by atoms with Crippen LogP contribution in [0.25, 0.3) is 10.4 Å². The van der Waals surface area contributed by atoms with Gasteiger partial charge in [0, 0.05) is 44.5 Å². The van der Waals surface area contributed by atoms with Crippen LogP contribution in [0.3, 0.4) is 0 Å². The second-order valence-electron chi connectivity index (χ2n) is 6.52. The van der Waals surface area contributed by atoms with Crippen molar-refractivity contribution in [2.45, 2.75) is 4.90 Å². The number of nitrogens with zero attached hydrogens (tertiary/aromatic N) is 4. The molecule has 2 aromatic carbocycles. The van der Waals surface area contributed by atoms with E-state index in [0.29, 0.717) is 26.2 Å². The maximum Gasteiger partial charge on any atom is 0.270 e. The van der Waals surface area contributed by atoms with Crippen LogP contribution in [0.15, 0.2) is 65.7 Å². The minimum absolute atomic E-state index is 0.0548. The zero-order valence-corrected chi connectivity index (χ0v) is 17.0. The van der Waals surface area contributed by atoms with Crippen LogP contribution < -0.4 is 4.90 Å². The smallest absolute Gasteiger partial charge is 0.270 e. The van der Waals surface area contributed by atoms with Crippen molar-refractivity contribution in [2.75, 3.05) is 31.1 Å². The van der Waals surface area contributed by atoms with Gasteiger partial charge >= 0.3 is 0 Å². The molecule has 8 nitrogen and oxygen atoms in total. The molecule has 10 heteroatoms. The molecule has 0 aliphatic carbocycles. The van der Waals surface area contributed by atoms with Gasteiger partial charge in [-0.2, -0.15) is 4.31 Å². The van der Waals surface area contributed by atoms with Gasteiger partial charge in [-0.25, -0.2) is 13.4 Å². The van der Waals surface area contributed by atoms with Gasteiger partial charge in [-0.15, -0.1) is 0 Å². The average molecular weight is 431 g/mol. The van der Waals surface area contributed by atoms with Gasteiger partial charge in [0.15, 0.2) is 5.13 Å². The molecule has 0 amide bonds. The summed E-state index contributed by atoms with van der Waals surface area (Å²) in [6.45, 7) is 1.61. The Labute approximate surface area is 172 Å². The molecule has 1 fully saturated rings. The van der Waals surface area contributed by atoms with E-state index >= 15 is 0 Å². The van der Waals surface area contributed by atoms with Crippen LogP contribution in [0.4, 0.5) is 10.8 Å². The van der Waals surface area contributed by atoms with E-state index in [9.17, 15) is 18.5 Å². The Balaban J connectivity index is 1.46. The summed E-state index contributed by atoms with van der Waals surface area (Å²) in [5.74, 6) is 0. The number of aromatic nitrogens is 1. The normalized spacial score (nSPS) is 15.4. The van der Waals surface area contributed by atoms with E-state index in [-0.39, 0.29) is 10.6 Å². The number of nitro benzene ring substituents is 1. The summed E-state index contributed by atoms with van der Waals surface area (Å²) >= 11 is 1.57. The van der Waals surface area contributed by atoms with E-state index in [1.807, 2.05) is 36.5 Å². The largest absolute Gasteiger partial charge is 0.345 e. The van der Waals surface area contributed by atoms with Gasteiger partial charge in [0.25, 0.3) is 5.69 Å². The van der Waals surface area contributed by atoms with E-state index in [2.05, 4.69) is 9.88 Å². The van der Waals surface area contributed by atoms with Crippen LogP contribution in [0.2, 0.25) is 0 Å². The predicted molar refractivity (Wildman–Crippen MR) is 112 cm³/mol. The maximum atomic E-state index is 12.9. The molecule has 0 saturated carbocycles. The molecule has 29 heavy (non-hydrogen) atoms. The molecular weight excluding hydrogens is 412 g/mol. The zero-order valence-electron chi connectivity index (χ0n) is 15.3. The first-order chi connectivity index (χ1) is 13.9. The van der Waals surface area contributed by atoms with Crippen LogP contribution in [0.1, 0.15) is 0 Å². The molecule has 1 saturated heterocycles. The summed E-state index contributed by atoms with van der Waals surface area (Å²) in [5.41, 5.74) is 0.865. The van der Waals surface area contributed by atoms with Crippen molar-refractivity contribution in [1.82, 2.24) is 9.29 Å². The number of non-ortho nitro benzene ring substituents is 1. The minimum Gasteiger partial charge on any atom is -0.345 e. The second kappa shape index (κ2) is 7.90. The van der Waals surface area contributed by atoms with Gasteiger partial charge in [0.05, 0.1) is 14.7 Å². The van der Waals surface area contributed by atoms with Crippen LogP contribution in [-0.2, 0) is 10.0 Å². The van der Waals surface area contributed by atoms with Gasteiger partial charge in [-0.1, -0.05) is 47.7 Å². The Bertz CT molecular complexity index is 1120. The van der Waals surface area contributed by atoms with Gasteiger partial charge in [-0.3, -0.25) is 10.1 Å². The second-order valence-corrected chi connectivity index (χ2v) is 9.47. The van der Waals surface area contributed by atoms with Crippen LogP contribution in [-0.4, -0.2) is 48.8 Å². The molecule has 0 unspecified atom stereocenters. The summed E-state index contributed by atoms with van der Waals surface area (Å²) in [6, 6.07) is 15.1. The summed E-state index contributed by atoms with van der Waals surface area (Å²) in [4.78, 5) is 17.9. The van der Waals surface area contributed by atoms with E-state index in [0.717, 1.165) is 21.6 Å². The number of thiazole rings is 1. The highest BCUT2D eigenvalue weighted by molar-refractivity contribution is 7.89. The lowest BCUT2D eigenvalue weighted by molar-refractivity contribution is -0.385. The molecule has 4 rings (SSSR count). The summed E-state index contributed by atoms with van der Waals surface area (Å²) < 4.78 is 27.1. The molecule has 0 radical (unpaired) electrons. The fourth-order valence-corrected chi connectivity index (χ4v) is 5.61. The fourth-order valence-electron chi connectivity index (χ4n) is 3.17. The quantitative estimate of drug-likeness (QED) is 0.455. The lowest BCUT2D eigenvalue weighted by atomic mass is 10.2. The standard InChI is InChI=1S/C19H18N4O4S2/c24-23(25)16-7-4-8-17(13-16)29(26,27)22-11-9-21(10-12-22)19-20-14-18(28-19)15-5-2-1-3-6-15/h1-8,13-14H,9-12H2. The number of benzene rings is 2. The van der Waals surface area contributed by atoms with Crippen LogP contribution in [0, 0.1) is 10.1 Å². The Morgan fingerprint density at radius 3 is 2.41 bits per heavy atom. The number of hydrogen-bond acceptors (Lipinski definition) is 7. The molecule has 1 aliphatic rings. The summed E-state index contributed by atoms with van der Waals surface area (Å²) in [5, 5.41) is 11.8. The third-order valence-corrected chi connectivity index (χ3v) is 7.73. The van der Waals surface area contributed by atoms with Gasteiger partial charge in [0.1, 0.15) is 0 Å². The van der Waals surface area contributed by atoms with Gasteiger partial charge in [-0.05, 0) is 11.6 Å². The van der Waals surface area contributed by atoms with Crippen molar-refractivity contribution in [2.24, 2.45) is 0 Å². The van der Waals surface area contributed by atoms with E-state index in [1.54, 1.807) is 11.3 Å². The van der Waals surface area contributed by atoms with Crippen molar-refractivity contribution in [3.63, 3.8) is 0 Å². The number of anilines is 1. The first-order valence-corrected chi connectivity index (χ1v) is 11.2. The topological polar surface area (TPSA) is 96.6 Å². The average Bonchev–Trinajstić information content (AvgIpc) is 3.25. The van der Waals surface area contributed by atoms with Gasteiger partial charge < -0.3 is 4.90 Å². The lowest BCUT2D eigenvalue weighted by Crippen LogP contribution is -2.48. The van der Waals surface area contributed by atoms with E-state index < -0.39 is 14.9 Å². The van der Waals surface area contributed by atoms with Crippen molar-refractivity contribution < 1.29 is 13.3 Å². The monoisotopic (exact) mass is 430 g/mol. The fraction of sp³-hybridized carbons (Fsp3) is 0.211. The number of nitro groups is 1. The highest BCUT2D eigenvalue weighted by Crippen LogP contribution is 2.32. The predicted octanol–water partition coefficient (Wildman–Crippen LogP) is 3.23. The van der Waals surface area contributed by atoms with Crippen LogP contribution in [0.5, 0.6) is 0 Å². The lowest BCUT2D eigenvalue weighted by Gasteiger charge is -2.33. The molecule has 0 spiro atoms. The summed E-state index contributed by atoms with van der Waals surface area (Å²) in [7, 11) is -3.78. The molecule has 3 aromatic rings. The molecule has 0 atom stereocenters. The van der Waals surface area contributed by atoms with Crippen molar-refractivity contribution in [3.05, 3.63) is 70.9 Å². The first kappa shape index (κ1) is 19.5. The Kier molecular flexibility index (Phi) is 5.31. The number of piperazine rings is 1. The SMILES string of the molecule is O=[N+]([O-])c1cccc(S(=O)(=O)N2CCN(c3ncc(-c4ccccc4)s3)CC2)c1. The van der Waals surface area contributed by atoms with Crippen molar-refractivity contribution in [1.29, 1.82) is 0 Å². The molecular formula is C19H18N4O4S2. The molecule has 150 valence electrons. The molecule has 2 heterocycles. The van der Waals surface area contributed by atoms with E-state index in [4.69, 9.17) is 0 Å². The first-order valence-electron chi connectivity index (χ1n) is 8.96. The highest BCUT2D eigenvalue weighted by Gasteiger charge is 2.30. The Hall–Kier alpha value is -2.82. The maximum absolute atomic E-state index is 12.9. The van der Waals surface area contributed by atoms with E-state index in [1.165, 1.54) is 22.5 Å².